The summed E-state index contributed by atoms with van der Waals surface area (Å²) in [5, 5.41) is 2.81. The number of hydrogen-bond donors (Lipinski definition) is 2. The van der Waals surface area contributed by atoms with Crippen LogP contribution in [0.1, 0.15) is 5.82 Å². The maximum Gasteiger partial charge on any atom is 0.262 e. The van der Waals surface area contributed by atoms with Crippen molar-refractivity contribution in [2.75, 3.05) is 29.1 Å². The first kappa shape index (κ1) is 12.1. The molecule has 4 rings (SSSR count). The smallest absolute Gasteiger partial charge is 0.262 e. The van der Waals surface area contributed by atoms with Gasteiger partial charge in [0.05, 0.1) is 23.6 Å². The lowest BCUT2D eigenvalue weighted by molar-refractivity contribution is -0.118. The maximum atomic E-state index is 11.4. The van der Waals surface area contributed by atoms with Gasteiger partial charge in [0.15, 0.2) is 6.61 Å². The number of imidazole rings is 1. The highest BCUT2D eigenvalue weighted by molar-refractivity contribution is 5.97. The van der Waals surface area contributed by atoms with Crippen molar-refractivity contribution in [3.05, 3.63) is 30.4 Å². The third-order valence-electron chi connectivity index (χ3n) is 3.85. The van der Waals surface area contributed by atoms with Gasteiger partial charge in [-0.25, -0.2) is 4.98 Å². The molecule has 3 heterocycles. The van der Waals surface area contributed by atoms with E-state index in [1.807, 2.05) is 18.5 Å². The Kier molecular flexibility index (Phi) is 2.53. The number of benzene rings is 1. The molecule has 2 aliphatic heterocycles. The van der Waals surface area contributed by atoms with Crippen molar-refractivity contribution in [1.82, 2.24) is 9.55 Å². The number of nitrogen functional groups attached to an aromatic ring is 1. The van der Waals surface area contributed by atoms with E-state index in [-0.39, 0.29) is 12.5 Å². The molecule has 1 aromatic heterocycles. The molecule has 2 aromatic rings. The third kappa shape index (κ3) is 1.97. The molecule has 3 N–H and O–H groups in total. The van der Waals surface area contributed by atoms with E-state index in [1.54, 1.807) is 6.07 Å². The lowest BCUT2D eigenvalue weighted by Crippen LogP contribution is -2.34. The second kappa shape index (κ2) is 4.41. The molecule has 0 saturated carbocycles. The van der Waals surface area contributed by atoms with E-state index in [2.05, 4.69) is 19.8 Å². The first-order valence-corrected chi connectivity index (χ1v) is 6.82. The van der Waals surface area contributed by atoms with Crippen LogP contribution < -0.4 is 20.7 Å². The Morgan fingerprint density at radius 2 is 2.24 bits per heavy atom. The van der Waals surface area contributed by atoms with Crippen molar-refractivity contribution < 1.29 is 9.53 Å². The number of aromatic nitrogens is 2. The minimum absolute atomic E-state index is 0.0347. The van der Waals surface area contributed by atoms with Gasteiger partial charge in [0.2, 0.25) is 0 Å². The van der Waals surface area contributed by atoms with Crippen molar-refractivity contribution in [2.45, 2.75) is 13.1 Å². The minimum Gasteiger partial charge on any atom is -0.482 e. The van der Waals surface area contributed by atoms with E-state index in [0.717, 1.165) is 24.6 Å². The summed E-state index contributed by atoms with van der Waals surface area (Å²) in [7, 11) is 0. The zero-order valence-corrected chi connectivity index (χ0v) is 11.4. The molecule has 0 spiro atoms. The topological polar surface area (TPSA) is 85.4 Å². The van der Waals surface area contributed by atoms with E-state index in [4.69, 9.17) is 10.5 Å². The molecule has 0 bridgehead atoms. The monoisotopic (exact) mass is 285 g/mol. The van der Waals surface area contributed by atoms with Crippen molar-refractivity contribution in [2.24, 2.45) is 0 Å². The van der Waals surface area contributed by atoms with Crippen LogP contribution >= 0.6 is 0 Å². The van der Waals surface area contributed by atoms with Crippen LogP contribution in [0.5, 0.6) is 5.75 Å². The average molecular weight is 285 g/mol. The van der Waals surface area contributed by atoms with Gasteiger partial charge in [0.1, 0.15) is 11.6 Å². The summed E-state index contributed by atoms with van der Waals surface area (Å²) in [6, 6.07) is 3.64. The molecule has 1 aromatic carbocycles. The van der Waals surface area contributed by atoms with Gasteiger partial charge in [-0.3, -0.25) is 4.79 Å². The molecule has 0 atom stereocenters. The maximum absolute atomic E-state index is 11.4. The Morgan fingerprint density at radius 1 is 1.33 bits per heavy atom. The number of anilines is 3. The van der Waals surface area contributed by atoms with Crippen molar-refractivity contribution >= 4 is 23.0 Å². The Bertz CT molecular complexity index is 724. The summed E-state index contributed by atoms with van der Waals surface area (Å²) in [6.07, 6.45) is 3.79. The van der Waals surface area contributed by atoms with E-state index >= 15 is 0 Å². The number of nitrogens with zero attached hydrogens (tertiary/aromatic N) is 3. The predicted molar refractivity (Wildman–Crippen MR) is 78.3 cm³/mol. The summed E-state index contributed by atoms with van der Waals surface area (Å²) in [6.45, 7) is 2.45. The zero-order chi connectivity index (χ0) is 14.4. The lowest BCUT2D eigenvalue weighted by atomic mass is 10.1. The number of amides is 1. The largest absolute Gasteiger partial charge is 0.482 e. The van der Waals surface area contributed by atoms with Crippen molar-refractivity contribution in [3.8, 4) is 5.75 Å². The fourth-order valence-corrected chi connectivity index (χ4v) is 2.78. The fraction of sp³-hybridized carbons (Fsp3) is 0.286. The van der Waals surface area contributed by atoms with Crippen LogP contribution in [0.4, 0.5) is 17.1 Å². The molecular formula is C14H15N5O2. The molecule has 0 radical (unpaired) electrons. The number of ether oxygens (including phenoxy) is 1. The fourth-order valence-electron chi connectivity index (χ4n) is 2.78. The van der Waals surface area contributed by atoms with Crippen LogP contribution in [0.15, 0.2) is 24.5 Å². The number of carbonyl (C=O) groups is 1. The molecule has 108 valence electrons. The van der Waals surface area contributed by atoms with Crippen LogP contribution in [0.3, 0.4) is 0 Å². The molecule has 0 fully saturated rings. The van der Waals surface area contributed by atoms with Crippen LogP contribution in [0, 0.1) is 0 Å². The molecule has 21 heavy (non-hydrogen) atoms. The Labute approximate surface area is 121 Å². The van der Waals surface area contributed by atoms with E-state index in [0.29, 0.717) is 23.7 Å². The summed E-state index contributed by atoms with van der Waals surface area (Å²) >= 11 is 0. The Balaban J connectivity index is 1.69. The second-order valence-electron chi connectivity index (χ2n) is 5.20. The molecule has 7 nitrogen and oxygen atoms in total. The lowest BCUT2D eigenvalue weighted by Gasteiger charge is -2.31. The molecule has 0 aliphatic carbocycles. The summed E-state index contributed by atoms with van der Waals surface area (Å²) in [5.74, 6) is 1.49. The van der Waals surface area contributed by atoms with Crippen molar-refractivity contribution in [3.63, 3.8) is 0 Å². The van der Waals surface area contributed by atoms with Gasteiger partial charge in [-0.05, 0) is 6.07 Å². The standard InChI is InChI=1S/C14H15N5O2/c15-9-5-12-10(17-14(20)8-21-12)6-11(9)19-4-3-18-2-1-16-13(18)7-19/h1-2,5-6H,3-4,7-8,15H2,(H,17,20). The van der Waals surface area contributed by atoms with Crippen molar-refractivity contribution in [1.29, 1.82) is 0 Å². The van der Waals surface area contributed by atoms with Gasteiger partial charge in [-0.1, -0.05) is 0 Å². The second-order valence-corrected chi connectivity index (χ2v) is 5.20. The van der Waals surface area contributed by atoms with E-state index in [1.165, 1.54) is 0 Å². The van der Waals surface area contributed by atoms with Gasteiger partial charge in [0.25, 0.3) is 5.91 Å². The molecule has 1 amide bonds. The van der Waals surface area contributed by atoms with E-state index in [9.17, 15) is 4.79 Å². The minimum atomic E-state index is -0.146. The highest BCUT2D eigenvalue weighted by Gasteiger charge is 2.23. The number of fused-ring (bicyclic) bond motifs is 2. The van der Waals surface area contributed by atoms with Gasteiger partial charge in [0, 0.05) is 31.5 Å². The zero-order valence-electron chi connectivity index (χ0n) is 11.4. The molecular weight excluding hydrogens is 270 g/mol. The number of nitrogens with one attached hydrogen (secondary N) is 1. The highest BCUT2D eigenvalue weighted by atomic mass is 16.5. The summed E-state index contributed by atoms with van der Waals surface area (Å²) in [5.41, 5.74) is 8.35. The third-order valence-corrected chi connectivity index (χ3v) is 3.85. The molecule has 0 saturated heterocycles. The molecule has 7 heteroatoms. The number of carbonyl (C=O) groups excluding carboxylic acids is 1. The molecule has 2 aliphatic rings. The van der Waals surface area contributed by atoms with Gasteiger partial charge < -0.3 is 25.3 Å². The van der Waals surface area contributed by atoms with Crippen LogP contribution in [0.25, 0.3) is 0 Å². The number of hydrogen-bond acceptors (Lipinski definition) is 5. The van der Waals surface area contributed by atoms with Crippen LogP contribution in [-0.4, -0.2) is 28.6 Å². The quantitative estimate of drug-likeness (QED) is 0.758. The highest BCUT2D eigenvalue weighted by Crippen LogP contribution is 2.37. The SMILES string of the molecule is Nc1cc2c(cc1N1CCn3ccnc3C1)NC(=O)CO2. The number of rotatable bonds is 1. The first-order chi connectivity index (χ1) is 10.2. The van der Waals surface area contributed by atoms with Crippen LogP contribution in [0.2, 0.25) is 0 Å². The average Bonchev–Trinajstić information content (AvgIpc) is 2.94. The normalized spacial score (nSPS) is 16.8. The van der Waals surface area contributed by atoms with Crippen LogP contribution in [-0.2, 0) is 17.9 Å². The Hall–Kier alpha value is -2.70. The predicted octanol–water partition coefficient (Wildman–Crippen LogP) is 0.816. The summed E-state index contributed by atoms with van der Waals surface area (Å²) < 4.78 is 7.51. The van der Waals surface area contributed by atoms with E-state index < -0.39 is 0 Å². The molecule has 0 unspecified atom stereocenters. The summed E-state index contributed by atoms with van der Waals surface area (Å²) in [4.78, 5) is 17.9. The Morgan fingerprint density at radius 3 is 3.14 bits per heavy atom. The number of nitrogens with two attached hydrogens (primary N) is 1. The first-order valence-electron chi connectivity index (χ1n) is 6.82. The van der Waals surface area contributed by atoms with Gasteiger partial charge in [-0.2, -0.15) is 0 Å². The van der Waals surface area contributed by atoms with Gasteiger partial charge in [-0.15, -0.1) is 0 Å². The van der Waals surface area contributed by atoms with Gasteiger partial charge >= 0.3 is 0 Å².